The fourth-order valence-electron chi connectivity index (χ4n) is 7.78. The second kappa shape index (κ2) is 13.1. The number of ether oxygens (including phenoxy) is 2. The number of benzene rings is 1. The highest BCUT2D eigenvalue weighted by Crippen LogP contribution is 2.43. The van der Waals surface area contributed by atoms with E-state index in [1.54, 1.807) is 14.1 Å². The van der Waals surface area contributed by atoms with Crippen LogP contribution in [0, 0.1) is 0 Å². The van der Waals surface area contributed by atoms with E-state index in [1.165, 1.54) is 17.0 Å². The highest BCUT2D eigenvalue weighted by atomic mass is 127. The fourth-order valence-corrected chi connectivity index (χ4v) is 8.58. The summed E-state index contributed by atoms with van der Waals surface area (Å²) in [7, 11) is 3.40. The number of carbonyl (C=O) groups is 1. The van der Waals surface area contributed by atoms with Crippen LogP contribution in [0.1, 0.15) is 75.9 Å². The van der Waals surface area contributed by atoms with E-state index >= 15 is 0 Å². The Labute approximate surface area is 295 Å². The first-order valence-corrected chi connectivity index (χ1v) is 18.0. The topological polar surface area (TPSA) is 115 Å². The molecule has 2 N–H and O–H groups in total. The monoisotopic (exact) mass is 798 g/mol. The number of alkyl halides is 5. The molecule has 2 saturated heterocycles. The second-order valence-corrected chi connectivity index (χ2v) is 14.3. The normalized spacial score (nSPS) is 23.9. The number of carbonyl (C=O) groups excluding carboxylic acids is 1. The minimum Gasteiger partial charge on any atom is -0.461 e. The quantitative estimate of drug-likeness (QED) is 0.151. The first kappa shape index (κ1) is 34.2. The van der Waals surface area contributed by atoms with Crippen LogP contribution >= 0.6 is 22.6 Å². The predicted molar refractivity (Wildman–Crippen MR) is 181 cm³/mol. The molecule has 1 aromatic carbocycles. The van der Waals surface area contributed by atoms with E-state index < -0.39 is 29.6 Å². The van der Waals surface area contributed by atoms with E-state index in [9.17, 15) is 22.4 Å². The lowest BCUT2D eigenvalue weighted by atomic mass is 9.94. The molecule has 7 rings (SSSR count). The smallest absolute Gasteiger partial charge is 0.416 e. The Morgan fingerprint density at radius 2 is 2.02 bits per heavy atom. The van der Waals surface area contributed by atoms with Crippen LogP contribution in [0.15, 0.2) is 18.2 Å². The van der Waals surface area contributed by atoms with E-state index in [2.05, 4.69) is 32.4 Å². The van der Waals surface area contributed by atoms with E-state index in [0.717, 1.165) is 36.7 Å². The van der Waals surface area contributed by atoms with Gasteiger partial charge in [-0.1, -0.05) is 22.6 Å². The molecule has 3 aromatic rings. The standard InChI is InChI=1S/C33H39F4IN8O3/c1-43(2)30(47)28-22(14-38)26-16-44(8-4-10-46(26)42-28)29-23-17-48-27(21-11-20(39)5-6-24(21)33(35,36)37)12-25(23)40-31(41-29)49-18-32-7-3-9-45(32)15-19(34)13-32/h5-6,11,19,27H,3-4,7-10,12-18,39H2,1-2H3/t19-,27?,32?/m1/s1. The molecule has 1 amide bonds. The van der Waals surface area contributed by atoms with Crippen LogP contribution in [0.3, 0.4) is 0 Å². The third-order valence-electron chi connectivity index (χ3n) is 10.2. The summed E-state index contributed by atoms with van der Waals surface area (Å²) in [6, 6.07) is 3.62. The van der Waals surface area contributed by atoms with E-state index in [-0.39, 0.29) is 42.8 Å². The number of nitrogen functional groups attached to an aromatic ring is 1. The van der Waals surface area contributed by atoms with Crippen molar-refractivity contribution < 1.29 is 31.8 Å². The maximum atomic E-state index is 14.5. The predicted octanol–water partition coefficient (Wildman–Crippen LogP) is 5.09. The van der Waals surface area contributed by atoms with Crippen LogP contribution in [0.5, 0.6) is 6.01 Å². The lowest BCUT2D eigenvalue weighted by Crippen LogP contribution is -2.43. The van der Waals surface area contributed by atoms with E-state index in [1.807, 2.05) is 4.68 Å². The van der Waals surface area contributed by atoms with Crippen LogP contribution in [-0.2, 0) is 41.5 Å². The highest BCUT2D eigenvalue weighted by molar-refractivity contribution is 14.1. The van der Waals surface area contributed by atoms with Crippen molar-refractivity contribution in [3.05, 3.63) is 57.5 Å². The molecule has 2 aromatic heterocycles. The van der Waals surface area contributed by atoms with Crippen molar-refractivity contribution in [1.29, 1.82) is 0 Å². The lowest BCUT2D eigenvalue weighted by Gasteiger charge is -2.33. The van der Waals surface area contributed by atoms with Crippen molar-refractivity contribution in [2.75, 3.05) is 51.0 Å². The molecule has 2 unspecified atom stereocenters. The number of aromatic nitrogens is 4. The Morgan fingerprint density at radius 1 is 1.20 bits per heavy atom. The minimum atomic E-state index is -4.60. The van der Waals surface area contributed by atoms with Gasteiger partial charge in [0.2, 0.25) is 0 Å². The first-order chi connectivity index (χ1) is 23.4. The Hall–Kier alpha value is -3.25. The number of fused-ring (bicyclic) bond motifs is 3. The average Bonchev–Trinajstić information content (AvgIpc) is 3.65. The maximum absolute atomic E-state index is 14.5. The van der Waals surface area contributed by atoms with Gasteiger partial charge in [0.25, 0.3) is 5.91 Å². The van der Waals surface area contributed by atoms with Crippen molar-refractivity contribution in [2.45, 2.75) is 80.2 Å². The molecule has 0 radical (unpaired) electrons. The second-order valence-electron chi connectivity index (χ2n) is 13.6. The first-order valence-electron chi connectivity index (χ1n) is 16.5. The molecule has 4 aliphatic rings. The molecule has 49 heavy (non-hydrogen) atoms. The summed E-state index contributed by atoms with van der Waals surface area (Å²) in [5, 5.41) is 4.70. The zero-order valence-corrected chi connectivity index (χ0v) is 29.6. The summed E-state index contributed by atoms with van der Waals surface area (Å²) in [6.07, 6.45) is -3.60. The molecule has 3 atom stereocenters. The fraction of sp³-hybridized carbons (Fsp3) is 0.576. The minimum absolute atomic E-state index is 0.0256. The number of halogens is 5. The van der Waals surface area contributed by atoms with Crippen LogP contribution < -0.4 is 15.4 Å². The summed E-state index contributed by atoms with van der Waals surface area (Å²) in [4.78, 5) is 28.4. The SMILES string of the molecule is CN(C)C(=O)c1nn2c(c1CI)CN(c1nc(OCC34CCCN3C[C@H](F)C4)nc3c1COC(c1cc(N)ccc1C(F)(F)F)C3)CCC2. The van der Waals surface area contributed by atoms with Crippen molar-refractivity contribution >= 4 is 40.0 Å². The molecule has 2 fully saturated rings. The van der Waals surface area contributed by atoms with Crippen LogP contribution in [-0.4, -0.2) is 87.5 Å². The van der Waals surface area contributed by atoms with Gasteiger partial charge in [-0.25, -0.2) is 4.39 Å². The largest absolute Gasteiger partial charge is 0.461 e. The number of amides is 1. The third-order valence-corrected chi connectivity index (χ3v) is 10.9. The third kappa shape index (κ3) is 6.43. The Balaban J connectivity index is 1.27. The molecule has 16 heteroatoms. The summed E-state index contributed by atoms with van der Waals surface area (Å²) in [6.45, 7) is 2.96. The summed E-state index contributed by atoms with van der Waals surface area (Å²) in [5.74, 6) is 0.392. The van der Waals surface area contributed by atoms with Crippen molar-refractivity contribution in [3.8, 4) is 6.01 Å². The zero-order valence-electron chi connectivity index (χ0n) is 27.4. The van der Waals surface area contributed by atoms with Crippen molar-refractivity contribution in [3.63, 3.8) is 0 Å². The molecule has 0 spiro atoms. The van der Waals surface area contributed by atoms with Gasteiger partial charge in [-0.15, -0.1) is 0 Å². The van der Waals surface area contributed by atoms with Crippen LogP contribution in [0.25, 0.3) is 0 Å². The highest BCUT2D eigenvalue weighted by Gasteiger charge is 2.49. The summed E-state index contributed by atoms with van der Waals surface area (Å²) in [5.41, 5.74) is 8.21. The van der Waals surface area contributed by atoms with Gasteiger partial charge in [0.15, 0.2) is 5.69 Å². The summed E-state index contributed by atoms with van der Waals surface area (Å²) < 4.78 is 71.8. The van der Waals surface area contributed by atoms with Gasteiger partial charge >= 0.3 is 12.2 Å². The van der Waals surface area contributed by atoms with Gasteiger partial charge in [0, 0.05) is 67.8 Å². The average molecular weight is 799 g/mol. The number of nitrogens with zero attached hydrogens (tertiary/aromatic N) is 7. The van der Waals surface area contributed by atoms with Gasteiger partial charge in [0.1, 0.15) is 18.6 Å². The number of hydrogen-bond donors (Lipinski definition) is 1. The Kier molecular flexibility index (Phi) is 9.17. The van der Waals surface area contributed by atoms with Gasteiger partial charge in [0.05, 0.1) is 41.7 Å². The number of nitrogens with two attached hydrogens (primary N) is 1. The van der Waals surface area contributed by atoms with Gasteiger partial charge in [-0.05, 0) is 49.6 Å². The Morgan fingerprint density at radius 3 is 2.78 bits per heavy atom. The van der Waals surface area contributed by atoms with Crippen molar-refractivity contribution in [1.82, 2.24) is 29.5 Å². The molecule has 0 saturated carbocycles. The van der Waals surface area contributed by atoms with Crippen LogP contribution in [0.4, 0.5) is 29.1 Å². The van der Waals surface area contributed by atoms with Gasteiger partial charge < -0.3 is 25.0 Å². The molecule has 264 valence electrons. The molecule has 0 aliphatic carbocycles. The molecule has 0 bridgehead atoms. The van der Waals surface area contributed by atoms with E-state index in [0.29, 0.717) is 66.2 Å². The molecular weight excluding hydrogens is 759 g/mol. The van der Waals surface area contributed by atoms with Crippen LogP contribution in [0.2, 0.25) is 0 Å². The van der Waals surface area contributed by atoms with E-state index in [4.69, 9.17) is 30.3 Å². The molecule has 11 nitrogen and oxygen atoms in total. The zero-order chi connectivity index (χ0) is 34.7. The lowest BCUT2D eigenvalue weighted by molar-refractivity contribution is -0.139. The van der Waals surface area contributed by atoms with Gasteiger partial charge in [-0.2, -0.15) is 28.2 Å². The number of hydrogen-bond acceptors (Lipinski definition) is 9. The Bertz CT molecular complexity index is 1750. The molecule has 6 heterocycles. The van der Waals surface area contributed by atoms with Gasteiger partial charge in [-0.3, -0.25) is 14.4 Å². The molecular formula is C33H39F4IN8O3. The maximum Gasteiger partial charge on any atom is 0.416 e. The molecule has 4 aliphatic heterocycles. The summed E-state index contributed by atoms with van der Waals surface area (Å²) >= 11 is 2.25. The number of anilines is 2. The number of aryl methyl sites for hydroxylation is 1. The number of rotatable bonds is 7. The van der Waals surface area contributed by atoms with Crippen molar-refractivity contribution in [2.24, 2.45) is 0 Å².